The summed E-state index contributed by atoms with van der Waals surface area (Å²) in [5.74, 6) is -1.05. The Morgan fingerprint density at radius 2 is 2.06 bits per heavy atom. The van der Waals surface area contributed by atoms with Gasteiger partial charge in [-0.15, -0.1) is 0 Å². The van der Waals surface area contributed by atoms with E-state index in [4.69, 9.17) is 5.11 Å². The fourth-order valence-electron chi connectivity index (χ4n) is 1.47. The van der Waals surface area contributed by atoms with Crippen LogP contribution in [-0.4, -0.2) is 28.1 Å². The molecule has 0 bridgehead atoms. The molecule has 0 saturated carbocycles. The van der Waals surface area contributed by atoms with Gasteiger partial charge in [-0.25, -0.2) is 9.59 Å². The maximum absolute atomic E-state index is 11.6. The first-order valence-corrected chi connectivity index (χ1v) is 5.68. The summed E-state index contributed by atoms with van der Waals surface area (Å²) in [6.07, 6.45) is 0.327. The van der Waals surface area contributed by atoms with Crippen LogP contribution in [-0.2, 0) is 4.79 Å². The second-order valence-corrected chi connectivity index (χ2v) is 3.98. The number of aliphatic carboxylic acids is 1. The fraction of sp³-hybridized carbons (Fsp3) is 0.417. The minimum atomic E-state index is -1.05. The standard InChI is InChI=1S/C12H17N3O3/c1-4-9(11(16)17)14-12(18)15-10-6-5-7(2)13-8(10)3/h5-6,9H,4H2,1-3H3,(H,16,17)(H2,14,15,18). The Labute approximate surface area is 105 Å². The van der Waals surface area contributed by atoms with Crippen LogP contribution >= 0.6 is 0 Å². The van der Waals surface area contributed by atoms with Crippen molar-refractivity contribution in [3.63, 3.8) is 0 Å². The SMILES string of the molecule is CCC(NC(=O)Nc1ccc(C)nc1C)C(=O)O. The van der Waals surface area contributed by atoms with Crippen molar-refractivity contribution in [2.45, 2.75) is 33.2 Å². The number of rotatable bonds is 4. The average Bonchev–Trinajstić information content (AvgIpc) is 2.29. The van der Waals surface area contributed by atoms with Crippen molar-refractivity contribution in [1.82, 2.24) is 10.3 Å². The van der Waals surface area contributed by atoms with Gasteiger partial charge in [-0.05, 0) is 32.4 Å². The molecule has 1 atom stereocenters. The van der Waals surface area contributed by atoms with Gasteiger partial charge in [0.1, 0.15) is 6.04 Å². The highest BCUT2D eigenvalue weighted by Gasteiger charge is 2.17. The van der Waals surface area contributed by atoms with Crippen LogP contribution in [0.25, 0.3) is 0 Å². The molecule has 6 heteroatoms. The van der Waals surface area contributed by atoms with Crippen molar-refractivity contribution in [2.75, 3.05) is 5.32 Å². The third kappa shape index (κ3) is 3.73. The molecule has 0 spiro atoms. The van der Waals surface area contributed by atoms with Gasteiger partial charge in [0.25, 0.3) is 0 Å². The maximum atomic E-state index is 11.6. The molecule has 0 aliphatic rings. The number of carboxylic acid groups (broad SMARTS) is 1. The Bertz CT molecular complexity index is 460. The van der Waals surface area contributed by atoms with Crippen molar-refractivity contribution in [2.24, 2.45) is 0 Å². The van der Waals surface area contributed by atoms with Gasteiger partial charge in [0.15, 0.2) is 0 Å². The fourth-order valence-corrected chi connectivity index (χ4v) is 1.47. The van der Waals surface area contributed by atoms with Crippen molar-refractivity contribution in [3.05, 3.63) is 23.5 Å². The Morgan fingerprint density at radius 3 is 2.56 bits per heavy atom. The third-order valence-corrected chi connectivity index (χ3v) is 2.48. The highest BCUT2D eigenvalue weighted by molar-refractivity contribution is 5.92. The molecule has 1 rings (SSSR count). The molecule has 1 heterocycles. The van der Waals surface area contributed by atoms with Crippen molar-refractivity contribution < 1.29 is 14.7 Å². The van der Waals surface area contributed by atoms with Crippen molar-refractivity contribution in [1.29, 1.82) is 0 Å². The zero-order valence-electron chi connectivity index (χ0n) is 10.7. The summed E-state index contributed by atoms with van der Waals surface area (Å²) in [5, 5.41) is 13.8. The molecule has 0 aliphatic carbocycles. The van der Waals surface area contributed by atoms with Crippen LogP contribution in [0.3, 0.4) is 0 Å². The summed E-state index contributed by atoms with van der Waals surface area (Å²) in [7, 11) is 0. The molecule has 3 N–H and O–H groups in total. The molecule has 1 aromatic heterocycles. The summed E-state index contributed by atoms with van der Waals surface area (Å²) < 4.78 is 0. The highest BCUT2D eigenvalue weighted by Crippen LogP contribution is 2.12. The average molecular weight is 251 g/mol. The molecule has 0 radical (unpaired) electrons. The number of hydrogen-bond acceptors (Lipinski definition) is 3. The molecule has 18 heavy (non-hydrogen) atoms. The Balaban J connectivity index is 2.67. The molecule has 2 amide bonds. The van der Waals surface area contributed by atoms with Crippen LogP contribution in [0.2, 0.25) is 0 Å². The molecule has 0 fully saturated rings. The molecule has 0 aliphatic heterocycles. The molecule has 1 aromatic rings. The number of anilines is 1. The van der Waals surface area contributed by atoms with E-state index >= 15 is 0 Å². The molecule has 98 valence electrons. The summed E-state index contributed by atoms with van der Waals surface area (Å²) >= 11 is 0. The van der Waals surface area contributed by atoms with Crippen LogP contribution in [0.1, 0.15) is 24.7 Å². The van der Waals surface area contributed by atoms with Gasteiger partial charge in [0.05, 0.1) is 11.4 Å². The quantitative estimate of drug-likeness (QED) is 0.759. The van der Waals surface area contributed by atoms with Gasteiger partial charge in [0.2, 0.25) is 0 Å². The van der Waals surface area contributed by atoms with E-state index < -0.39 is 18.0 Å². The molecular formula is C12H17N3O3. The first kappa shape index (κ1) is 14.0. The van der Waals surface area contributed by atoms with E-state index in [9.17, 15) is 9.59 Å². The zero-order chi connectivity index (χ0) is 13.7. The van der Waals surface area contributed by atoms with Crippen LogP contribution in [0, 0.1) is 13.8 Å². The lowest BCUT2D eigenvalue weighted by molar-refractivity contribution is -0.139. The molecular weight excluding hydrogens is 234 g/mol. The number of nitrogens with zero attached hydrogens (tertiary/aromatic N) is 1. The van der Waals surface area contributed by atoms with Gasteiger partial charge in [0, 0.05) is 5.69 Å². The number of carbonyl (C=O) groups excluding carboxylic acids is 1. The monoisotopic (exact) mass is 251 g/mol. The maximum Gasteiger partial charge on any atom is 0.326 e. The zero-order valence-corrected chi connectivity index (χ0v) is 10.7. The van der Waals surface area contributed by atoms with E-state index in [0.717, 1.165) is 5.69 Å². The first-order valence-electron chi connectivity index (χ1n) is 5.68. The van der Waals surface area contributed by atoms with Crippen LogP contribution in [0.15, 0.2) is 12.1 Å². The smallest absolute Gasteiger partial charge is 0.326 e. The summed E-state index contributed by atoms with van der Waals surface area (Å²) in [4.78, 5) is 26.6. The van der Waals surface area contributed by atoms with Gasteiger partial charge >= 0.3 is 12.0 Å². The third-order valence-electron chi connectivity index (χ3n) is 2.48. The number of nitrogens with one attached hydrogen (secondary N) is 2. The number of aryl methyl sites for hydroxylation is 2. The number of carbonyl (C=O) groups is 2. The minimum absolute atomic E-state index is 0.327. The number of hydrogen-bond donors (Lipinski definition) is 3. The Kier molecular flexibility index (Phi) is 4.65. The number of urea groups is 1. The van der Waals surface area contributed by atoms with Gasteiger partial charge < -0.3 is 15.7 Å². The van der Waals surface area contributed by atoms with E-state index in [-0.39, 0.29) is 0 Å². The van der Waals surface area contributed by atoms with Gasteiger partial charge in [-0.1, -0.05) is 6.92 Å². The minimum Gasteiger partial charge on any atom is -0.480 e. The lowest BCUT2D eigenvalue weighted by Crippen LogP contribution is -2.42. The number of amides is 2. The number of aromatic nitrogens is 1. The summed E-state index contributed by atoms with van der Waals surface area (Å²) in [6.45, 7) is 5.32. The summed E-state index contributed by atoms with van der Waals surface area (Å²) in [6, 6.07) is 2.08. The second kappa shape index (κ2) is 6.00. The van der Waals surface area contributed by atoms with Crippen LogP contribution in [0.5, 0.6) is 0 Å². The first-order chi connectivity index (χ1) is 8.43. The van der Waals surface area contributed by atoms with Gasteiger partial charge in [-0.2, -0.15) is 0 Å². The number of pyridine rings is 1. The normalized spacial score (nSPS) is 11.7. The van der Waals surface area contributed by atoms with Crippen LogP contribution in [0.4, 0.5) is 10.5 Å². The van der Waals surface area contributed by atoms with E-state index in [2.05, 4.69) is 15.6 Å². The van der Waals surface area contributed by atoms with Crippen molar-refractivity contribution in [3.8, 4) is 0 Å². The second-order valence-electron chi connectivity index (χ2n) is 3.98. The Morgan fingerprint density at radius 1 is 1.39 bits per heavy atom. The molecule has 0 saturated heterocycles. The Hall–Kier alpha value is -2.11. The van der Waals surface area contributed by atoms with E-state index in [0.29, 0.717) is 17.8 Å². The van der Waals surface area contributed by atoms with E-state index in [1.54, 1.807) is 26.0 Å². The van der Waals surface area contributed by atoms with E-state index in [1.165, 1.54) is 0 Å². The number of carboxylic acids is 1. The molecule has 0 aromatic carbocycles. The molecule has 1 unspecified atom stereocenters. The van der Waals surface area contributed by atoms with E-state index in [1.807, 2.05) is 6.92 Å². The lowest BCUT2D eigenvalue weighted by Gasteiger charge is -2.14. The predicted octanol–water partition coefficient (Wildman–Crippen LogP) is 1.68. The topological polar surface area (TPSA) is 91.3 Å². The van der Waals surface area contributed by atoms with Crippen molar-refractivity contribution >= 4 is 17.7 Å². The largest absolute Gasteiger partial charge is 0.480 e. The van der Waals surface area contributed by atoms with Crippen LogP contribution < -0.4 is 10.6 Å². The summed E-state index contributed by atoms with van der Waals surface area (Å²) in [5.41, 5.74) is 2.11. The molecule has 6 nitrogen and oxygen atoms in total. The highest BCUT2D eigenvalue weighted by atomic mass is 16.4. The predicted molar refractivity (Wildman–Crippen MR) is 67.6 cm³/mol. The van der Waals surface area contributed by atoms with Gasteiger partial charge in [-0.3, -0.25) is 4.98 Å². The lowest BCUT2D eigenvalue weighted by atomic mass is 10.2.